The van der Waals surface area contributed by atoms with Crippen molar-refractivity contribution in [1.82, 2.24) is 4.72 Å². The Morgan fingerprint density at radius 1 is 1.35 bits per heavy atom. The fourth-order valence-electron chi connectivity index (χ4n) is 2.35. The van der Waals surface area contributed by atoms with Gasteiger partial charge in [-0.1, -0.05) is 18.0 Å². The molecule has 8 heteroatoms. The number of carbonyl (C=O) groups is 1. The van der Waals surface area contributed by atoms with Crippen LogP contribution in [0.2, 0.25) is 5.02 Å². The highest BCUT2D eigenvalue weighted by molar-refractivity contribution is 7.89. The van der Waals surface area contributed by atoms with Crippen LogP contribution in [0, 0.1) is 11.7 Å². The van der Waals surface area contributed by atoms with Crippen molar-refractivity contribution in [3.05, 3.63) is 29.0 Å². The van der Waals surface area contributed by atoms with E-state index in [1.54, 1.807) is 0 Å². The van der Waals surface area contributed by atoms with E-state index in [2.05, 4.69) is 4.72 Å². The van der Waals surface area contributed by atoms with Gasteiger partial charge < -0.3 is 5.11 Å². The van der Waals surface area contributed by atoms with Gasteiger partial charge in [-0.15, -0.1) is 0 Å². The number of hydrogen-bond acceptors (Lipinski definition) is 3. The van der Waals surface area contributed by atoms with Crippen LogP contribution in [-0.2, 0) is 14.8 Å². The van der Waals surface area contributed by atoms with Crippen molar-refractivity contribution in [3.8, 4) is 0 Å². The lowest BCUT2D eigenvalue weighted by atomic mass is 10.1. The smallest absolute Gasteiger partial charge is 0.308 e. The second-order valence-corrected chi connectivity index (χ2v) is 6.86. The molecule has 0 amide bonds. The predicted octanol–water partition coefficient (Wildman–Crippen LogP) is 2.01. The lowest BCUT2D eigenvalue weighted by molar-refractivity contribution is -0.141. The van der Waals surface area contributed by atoms with Gasteiger partial charge in [0.15, 0.2) is 0 Å². The summed E-state index contributed by atoms with van der Waals surface area (Å²) in [6.45, 7) is 0. The summed E-state index contributed by atoms with van der Waals surface area (Å²) in [5, 5.41) is 8.99. The van der Waals surface area contributed by atoms with Crippen LogP contribution in [0.1, 0.15) is 19.3 Å². The molecule has 1 aromatic rings. The largest absolute Gasteiger partial charge is 0.481 e. The third-order valence-electron chi connectivity index (χ3n) is 3.29. The molecular weight excluding hydrogens is 309 g/mol. The number of nitrogens with one attached hydrogen (secondary N) is 1. The zero-order valence-corrected chi connectivity index (χ0v) is 11.9. The normalized spacial score (nSPS) is 22.9. The molecule has 1 aliphatic rings. The van der Waals surface area contributed by atoms with E-state index in [9.17, 15) is 17.6 Å². The summed E-state index contributed by atoms with van der Waals surface area (Å²) >= 11 is 5.63. The second kappa shape index (κ2) is 5.67. The summed E-state index contributed by atoms with van der Waals surface area (Å²) in [5.41, 5.74) is 0. The van der Waals surface area contributed by atoms with Crippen LogP contribution >= 0.6 is 11.6 Å². The first-order chi connectivity index (χ1) is 9.29. The highest BCUT2D eigenvalue weighted by Gasteiger charge is 2.35. The van der Waals surface area contributed by atoms with E-state index in [1.807, 2.05) is 0 Å². The molecule has 0 radical (unpaired) electrons. The van der Waals surface area contributed by atoms with Crippen molar-refractivity contribution in [2.24, 2.45) is 5.92 Å². The van der Waals surface area contributed by atoms with Crippen molar-refractivity contribution in [3.63, 3.8) is 0 Å². The topological polar surface area (TPSA) is 83.5 Å². The van der Waals surface area contributed by atoms with Crippen molar-refractivity contribution < 1.29 is 22.7 Å². The van der Waals surface area contributed by atoms with Crippen LogP contribution in [-0.4, -0.2) is 25.5 Å². The van der Waals surface area contributed by atoms with E-state index in [4.69, 9.17) is 16.7 Å². The van der Waals surface area contributed by atoms with Crippen LogP contribution in [0.3, 0.4) is 0 Å². The number of aliphatic carboxylic acids is 1. The van der Waals surface area contributed by atoms with Crippen LogP contribution in [0.25, 0.3) is 0 Å². The van der Waals surface area contributed by atoms with E-state index in [1.165, 1.54) is 0 Å². The lowest BCUT2D eigenvalue weighted by Crippen LogP contribution is -2.40. The predicted molar refractivity (Wildman–Crippen MR) is 70.5 cm³/mol. The van der Waals surface area contributed by atoms with Crippen LogP contribution in [0.5, 0.6) is 0 Å². The number of carboxylic acid groups (broad SMARTS) is 1. The highest BCUT2D eigenvalue weighted by Crippen LogP contribution is 2.28. The number of sulfonamides is 1. The van der Waals surface area contributed by atoms with Crippen molar-refractivity contribution in [1.29, 1.82) is 0 Å². The van der Waals surface area contributed by atoms with E-state index in [0.29, 0.717) is 19.3 Å². The molecule has 0 aliphatic heterocycles. The summed E-state index contributed by atoms with van der Waals surface area (Å²) in [7, 11) is -3.99. The molecule has 1 aromatic carbocycles. The summed E-state index contributed by atoms with van der Waals surface area (Å²) < 4.78 is 39.8. The maximum atomic E-state index is 13.2. The van der Waals surface area contributed by atoms with Crippen molar-refractivity contribution >= 4 is 27.6 Å². The maximum Gasteiger partial charge on any atom is 0.308 e. The molecular formula is C12H13ClFNO4S. The highest BCUT2D eigenvalue weighted by atomic mass is 35.5. The Morgan fingerprint density at radius 3 is 2.65 bits per heavy atom. The van der Waals surface area contributed by atoms with Gasteiger partial charge in [-0.3, -0.25) is 4.79 Å². The van der Waals surface area contributed by atoms with Gasteiger partial charge >= 0.3 is 5.97 Å². The molecule has 110 valence electrons. The zero-order valence-electron chi connectivity index (χ0n) is 10.3. The molecule has 5 nitrogen and oxygen atoms in total. The van der Waals surface area contributed by atoms with Gasteiger partial charge in [0.1, 0.15) is 5.82 Å². The molecule has 0 aromatic heterocycles. The van der Waals surface area contributed by atoms with Gasteiger partial charge in [0.2, 0.25) is 10.0 Å². The first-order valence-electron chi connectivity index (χ1n) is 6.01. The Labute approximate surface area is 120 Å². The van der Waals surface area contributed by atoms with Gasteiger partial charge in [-0.2, -0.15) is 0 Å². The molecule has 0 heterocycles. The standard InChI is InChI=1S/C12H13ClFNO4S/c13-7-4-8(14)6-9(5-7)20(18,19)15-11-3-1-2-10(11)12(16)17/h4-6,10-11,15H,1-3H2,(H,16,17)/t10-,11-/m1/s1. The molecule has 0 spiro atoms. The molecule has 20 heavy (non-hydrogen) atoms. The molecule has 1 fully saturated rings. The van der Waals surface area contributed by atoms with E-state index >= 15 is 0 Å². The second-order valence-electron chi connectivity index (χ2n) is 4.71. The third-order valence-corrected chi connectivity index (χ3v) is 4.97. The summed E-state index contributed by atoms with van der Waals surface area (Å²) in [5.74, 6) is -2.56. The minimum absolute atomic E-state index is 0.0356. The summed E-state index contributed by atoms with van der Waals surface area (Å²) in [6, 6.07) is 2.28. The first kappa shape index (κ1) is 15.2. The molecule has 2 atom stereocenters. The van der Waals surface area contributed by atoms with Gasteiger partial charge in [0.05, 0.1) is 10.8 Å². The van der Waals surface area contributed by atoms with Crippen LogP contribution in [0.4, 0.5) is 4.39 Å². The molecule has 0 saturated heterocycles. The van der Waals surface area contributed by atoms with Crippen LogP contribution in [0.15, 0.2) is 23.1 Å². The SMILES string of the molecule is O=C(O)[C@@H]1CCC[C@H]1NS(=O)(=O)c1cc(F)cc(Cl)c1. The maximum absolute atomic E-state index is 13.2. The zero-order chi connectivity index (χ0) is 14.9. The quantitative estimate of drug-likeness (QED) is 0.888. The Balaban J connectivity index is 2.25. The summed E-state index contributed by atoms with van der Waals surface area (Å²) in [6.07, 6.45) is 1.50. The third kappa shape index (κ3) is 3.28. The Kier molecular flexibility index (Phi) is 4.31. The Morgan fingerprint density at radius 2 is 2.05 bits per heavy atom. The van der Waals surface area contributed by atoms with E-state index < -0.39 is 33.8 Å². The lowest BCUT2D eigenvalue weighted by Gasteiger charge is -2.17. The Bertz CT molecular complexity index is 614. The number of hydrogen-bond donors (Lipinski definition) is 2. The van der Waals surface area contributed by atoms with E-state index in [0.717, 1.165) is 18.2 Å². The first-order valence-corrected chi connectivity index (χ1v) is 7.87. The molecule has 1 aliphatic carbocycles. The monoisotopic (exact) mass is 321 g/mol. The van der Waals surface area contributed by atoms with Gasteiger partial charge in [0, 0.05) is 11.1 Å². The number of halogens is 2. The molecule has 2 N–H and O–H groups in total. The minimum atomic E-state index is -3.99. The fraction of sp³-hybridized carbons (Fsp3) is 0.417. The van der Waals surface area contributed by atoms with Crippen LogP contribution < -0.4 is 4.72 Å². The average molecular weight is 322 g/mol. The van der Waals surface area contributed by atoms with E-state index in [-0.39, 0.29) is 9.92 Å². The minimum Gasteiger partial charge on any atom is -0.481 e. The fourth-order valence-corrected chi connectivity index (χ4v) is 4.00. The number of rotatable bonds is 4. The Hall–Kier alpha value is -1.18. The van der Waals surface area contributed by atoms with Gasteiger partial charge in [0.25, 0.3) is 0 Å². The number of benzene rings is 1. The molecule has 1 saturated carbocycles. The molecule has 0 unspecified atom stereocenters. The summed E-state index contributed by atoms with van der Waals surface area (Å²) in [4.78, 5) is 10.7. The molecule has 0 bridgehead atoms. The van der Waals surface area contributed by atoms with Gasteiger partial charge in [-0.05, 0) is 31.0 Å². The molecule has 2 rings (SSSR count). The van der Waals surface area contributed by atoms with Crippen molar-refractivity contribution in [2.75, 3.05) is 0 Å². The average Bonchev–Trinajstić information content (AvgIpc) is 2.75. The van der Waals surface area contributed by atoms with Crippen molar-refractivity contribution in [2.45, 2.75) is 30.2 Å². The van der Waals surface area contributed by atoms with Gasteiger partial charge in [-0.25, -0.2) is 17.5 Å². The number of carboxylic acids is 1.